The number of hydrogen-bond acceptors (Lipinski definition) is 3. The lowest BCUT2D eigenvalue weighted by molar-refractivity contribution is 0.280. The molecule has 148 valence electrons. The van der Waals surface area contributed by atoms with Crippen LogP contribution in [-0.4, -0.2) is 16.2 Å². The smallest absolute Gasteiger partial charge is 0.148 e. The maximum atomic E-state index is 6.21. The largest absolute Gasteiger partial charge is 0.493 e. The third-order valence-electron chi connectivity index (χ3n) is 4.80. The van der Waals surface area contributed by atoms with E-state index in [4.69, 9.17) is 26.1 Å². The number of ether oxygens (including phenoxy) is 2. The van der Waals surface area contributed by atoms with Gasteiger partial charge < -0.3 is 14.0 Å². The summed E-state index contributed by atoms with van der Waals surface area (Å²) in [4.78, 5) is 4.76. The average Bonchev–Trinajstić information content (AvgIpc) is 3.09. The lowest BCUT2D eigenvalue weighted by Crippen LogP contribution is -2.10. The summed E-state index contributed by atoms with van der Waals surface area (Å²) in [7, 11) is 0. The van der Waals surface area contributed by atoms with Gasteiger partial charge in [-0.1, -0.05) is 54.1 Å². The SMILES string of the molecule is Cc1ccccc1OCCCn1c(COc2ccccc2Cl)nc2ccccc21. The van der Waals surface area contributed by atoms with Crippen LogP contribution in [-0.2, 0) is 13.2 Å². The molecule has 1 aromatic heterocycles. The van der Waals surface area contributed by atoms with Crippen molar-refractivity contribution in [2.24, 2.45) is 0 Å². The maximum absolute atomic E-state index is 6.21. The van der Waals surface area contributed by atoms with Gasteiger partial charge in [-0.2, -0.15) is 0 Å². The fourth-order valence-corrected chi connectivity index (χ4v) is 3.50. The molecule has 0 bridgehead atoms. The highest BCUT2D eigenvalue weighted by Crippen LogP contribution is 2.25. The molecule has 4 aromatic rings. The number of aryl methyl sites for hydroxylation is 2. The summed E-state index contributed by atoms with van der Waals surface area (Å²) in [5.41, 5.74) is 3.21. The first-order valence-electron chi connectivity index (χ1n) is 9.72. The molecule has 5 heteroatoms. The predicted octanol–water partition coefficient (Wildman–Crippen LogP) is 6.05. The van der Waals surface area contributed by atoms with Gasteiger partial charge in [0.25, 0.3) is 0 Å². The van der Waals surface area contributed by atoms with Crippen LogP contribution in [0.3, 0.4) is 0 Å². The molecule has 0 aliphatic carbocycles. The molecular weight excluding hydrogens is 384 g/mol. The predicted molar refractivity (Wildman–Crippen MR) is 117 cm³/mol. The van der Waals surface area contributed by atoms with Crippen LogP contribution in [0.4, 0.5) is 0 Å². The van der Waals surface area contributed by atoms with Crippen molar-refractivity contribution in [1.82, 2.24) is 9.55 Å². The van der Waals surface area contributed by atoms with Crippen molar-refractivity contribution < 1.29 is 9.47 Å². The Labute approximate surface area is 175 Å². The lowest BCUT2D eigenvalue weighted by Gasteiger charge is -2.12. The highest BCUT2D eigenvalue weighted by atomic mass is 35.5. The van der Waals surface area contributed by atoms with Gasteiger partial charge in [0.15, 0.2) is 0 Å². The van der Waals surface area contributed by atoms with Crippen LogP contribution in [0.5, 0.6) is 11.5 Å². The number of fused-ring (bicyclic) bond motifs is 1. The zero-order chi connectivity index (χ0) is 20.1. The van der Waals surface area contributed by atoms with Gasteiger partial charge in [-0.15, -0.1) is 0 Å². The Bertz CT molecular complexity index is 1110. The summed E-state index contributed by atoms with van der Waals surface area (Å²) in [5, 5.41) is 0.599. The van der Waals surface area contributed by atoms with E-state index in [-0.39, 0.29) is 0 Å². The van der Waals surface area contributed by atoms with Crippen molar-refractivity contribution in [3.05, 3.63) is 89.2 Å². The minimum Gasteiger partial charge on any atom is -0.493 e. The van der Waals surface area contributed by atoms with Crippen molar-refractivity contribution in [1.29, 1.82) is 0 Å². The van der Waals surface area contributed by atoms with E-state index < -0.39 is 0 Å². The van der Waals surface area contributed by atoms with Gasteiger partial charge in [-0.3, -0.25) is 0 Å². The number of aromatic nitrogens is 2. The number of para-hydroxylation sites is 4. The first kappa shape index (κ1) is 19.3. The topological polar surface area (TPSA) is 36.3 Å². The van der Waals surface area contributed by atoms with Crippen molar-refractivity contribution in [3.63, 3.8) is 0 Å². The van der Waals surface area contributed by atoms with E-state index in [9.17, 15) is 0 Å². The number of benzene rings is 3. The first-order valence-corrected chi connectivity index (χ1v) is 10.1. The van der Waals surface area contributed by atoms with E-state index in [2.05, 4.69) is 23.6 Å². The van der Waals surface area contributed by atoms with E-state index in [1.807, 2.05) is 60.7 Å². The number of imidazole rings is 1. The fraction of sp³-hybridized carbons (Fsp3) is 0.208. The van der Waals surface area contributed by atoms with Crippen molar-refractivity contribution >= 4 is 22.6 Å². The van der Waals surface area contributed by atoms with Crippen LogP contribution in [0.25, 0.3) is 11.0 Å². The van der Waals surface area contributed by atoms with E-state index in [0.29, 0.717) is 24.0 Å². The molecular formula is C24H23ClN2O2. The van der Waals surface area contributed by atoms with Crippen LogP contribution < -0.4 is 9.47 Å². The van der Waals surface area contributed by atoms with Gasteiger partial charge in [0.05, 0.1) is 22.7 Å². The van der Waals surface area contributed by atoms with Crippen LogP contribution >= 0.6 is 11.6 Å². The quantitative estimate of drug-likeness (QED) is 0.334. The normalized spacial score (nSPS) is 11.0. The summed E-state index contributed by atoms with van der Waals surface area (Å²) in [6.45, 7) is 3.86. The molecule has 4 nitrogen and oxygen atoms in total. The molecule has 0 radical (unpaired) electrons. The highest BCUT2D eigenvalue weighted by molar-refractivity contribution is 6.32. The maximum Gasteiger partial charge on any atom is 0.148 e. The van der Waals surface area contributed by atoms with Gasteiger partial charge in [0.2, 0.25) is 0 Å². The van der Waals surface area contributed by atoms with Gasteiger partial charge in [-0.05, 0) is 49.2 Å². The Morgan fingerprint density at radius 2 is 1.59 bits per heavy atom. The van der Waals surface area contributed by atoms with Gasteiger partial charge in [-0.25, -0.2) is 4.98 Å². The van der Waals surface area contributed by atoms with Gasteiger partial charge >= 0.3 is 0 Å². The molecule has 0 atom stereocenters. The molecule has 29 heavy (non-hydrogen) atoms. The van der Waals surface area contributed by atoms with E-state index in [0.717, 1.165) is 41.1 Å². The van der Waals surface area contributed by atoms with E-state index in [1.165, 1.54) is 0 Å². The Morgan fingerprint density at radius 3 is 2.41 bits per heavy atom. The summed E-state index contributed by atoms with van der Waals surface area (Å²) >= 11 is 6.21. The van der Waals surface area contributed by atoms with Crippen LogP contribution in [0.15, 0.2) is 72.8 Å². The zero-order valence-electron chi connectivity index (χ0n) is 16.3. The number of nitrogens with zero attached hydrogens (tertiary/aromatic N) is 2. The third kappa shape index (κ3) is 4.54. The summed E-state index contributed by atoms with van der Waals surface area (Å²) in [5.74, 6) is 2.47. The van der Waals surface area contributed by atoms with Crippen LogP contribution in [0.2, 0.25) is 5.02 Å². The average molecular weight is 407 g/mol. The lowest BCUT2D eigenvalue weighted by atomic mass is 10.2. The second-order valence-electron chi connectivity index (χ2n) is 6.85. The monoisotopic (exact) mass is 406 g/mol. The van der Waals surface area contributed by atoms with Crippen LogP contribution in [0.1, 0.15) is 17.8 Å². The molecule has 0 saturated carbocycles. The Balaban J connectivity index is 1.46. The Kier molecular flexibility index (Phi) is 6.01. The van der Waals surface area contributed by atoms with Crippen molar-refractivity contribution in [2.75, 3.05) is 6.61 Å². The van der Waals surface area contributed by atoms with E-state index >= 15 is 0 Å². The molecule has 0 aliphatic rings. The summed E-state index contributed by atoms with van der Waals surface area (Å²) in [6.07, 6.45) is 0.869. The minimum absolute atomic E-state index is 0.358. The third-order valence-corrected chi connectivity index (χ3v) is 5.12. The molecule has 0 saturated heterocycles. The Morgan fingerprint density at radius 1 is 0.862 bits per heavy atom. The fourth-order valence-electron chi connectivity index (χ4n) is 3.31. The summed E-state index contributed by atoms with van der Waals surface area (Å²) < 4.78 is 14.1. The number of halogens is 1. The van der Waals surface area contributed by atoms with Crippen LogP contribution in [0, 0.1) is 6.92 Å². The molecule has 1 heterocycles. The Hall–Kier alpha value is -2.98. The van der Waals surface area contributed by atoms with E-state index in [1.54, 1.807) is 0 Å². The minimum atomic E-state index is 0.358. The van der Waals surface area contributed by atoms with Gasteiger partial charge in [0, 0.05) is 6.54 Å². The molecule has 0 amide bonds. The molecule has 0 fully saturated rings. The standard InChI is InChI=1S/C24H23ClN2O2/c1-18-9-2-6-13-22(18)28-16-8-15-27-21-12-5-4-11-20(21)26-24(27)17-29-23-14-7-3-10-19(23)25/h2-7,9-14H,8,15-17H2,1H3. The summed E-state index contributed by atoms with van der Waals surface area (Å²) in [6, 6.07) is 23.7. The van der Waals surface area contributed by atoms with Crippen molar-refractivity contribution in [3.8, 4) is 11.5 Å². The van der Waals surface area contributed by atoms with Crippen molar-refractivity contribution in [2.45, 2.75) is 26.5 Å². The molecule has 3 aromatic carbocycles. The molecule has 0 N–H and O–H groups in total. The molecule has 0 spiro atoms. The second-order valence-corrected chi connectivity index (χ2v) is 7.26. The molecule has 0 unspecified atom stereocenters. The number of rotatable bonds is 8. The number of hydrogen-bond donors (Lipinski definition) is 0. The van der Waals surface area contributed by atoms with Gasteiger partial charge in [0.1, 0.15) is 23.9 Å². The second kappa shape index (κ2) is 9.01. The molecule has 0 aliphatic heterocycles. The zero-order valence-corrected chi connectivity index (χ0v) is 17.1. The first-order chi connectivity index (χ1) is 14.2. The highest BCUT2D eigenvalue weighted by Gasteiger charge is 2.12. The molecule has 4 rings (SSSR count).